The minimum Gasteiger partial charge on any atom is -0.350 e. The standard InChI is InChI=1S/C23H16ClFN2O2/c1-14-6-8-15(9-7-14)20-21(26-17-12-10-16(25)11-13-17)23(29)27(22(20)28)19-5-3-2-4-18(19)24/h2-13,26H,1H3. The summed E-state index contributed by atoms with van der Waals surface area (Å²) in [5.41, 5.74) is 2.79. The van der Waals surface area contributed by atoms with Crippen LogP contribution >= 0.6 is 11.6 Å². The van der Waals surface area contributed by atoms with Gasteiger partial charge in [-0.2, -0.15) is 0 Å². The summed E-state index contributed by atoms with van der Waals surface area (Å²) in [7, 11) is 0. The number of nitrogens with one attached hydrogen (secondary N) is 1. The van der Waals surface area contributed by atoms with Crippen molar-refractivity contribution in [1.82, 2.24) is 0 Å². The third kappa shape index (κ3) is 3.52. The molecule has 29 heavy (non-hydrogen) atoms. The van der Waals surface area contributed by atoms with Gasteiger partial charge in [-0.25, -0.2) is 9.29 Å². The quantitative estimate of drug-likeness (QED) is 0.607. The van der Waals surface area contributed by atoms with Gasteiger partial charge in [0, 0.05) is 5.69 Å². The van der Waals surface area contributed by atoms with Gasteiger partial charge in [0.25, 0.3) is 11.8 Å². The molecule has 6 heteroatoms. The normalized spacial score (nSPS) is 14.0. The molecule has 0 radical (unpaired) electrons. The monoisotopic (exact) mass is 406 g/mol. The average molecular weight is 407 g/mol. The highest BCUT2D eigenvalue weighted by Crippen LogP contribution is 2.36. The molecule has 0 aliphatic carbocycles. The van der Waals surface area contributed by atoms with Gasteiger partial charge in [0.05, 0.1) is 16.3 Å². The topological polar surface area (TPSA) is 49.4 Å². The Bertz CT molecular complexity index is 1140. The van der Waals surface area contributed by atoms with E-state index in [1.165, 1.54) is 24.3 Å². The number of carbonyl (C=O) groups excluding carboxylic acids is 2. The number of carbonyl (C=O) groups is 2. The van der Waals surface area contributed by atoms with Crippen molar-refractivity contribution in [2.45, 2.75) is 6.92 Å². The van der Waals surface area contributed by atoms with E-state index >= 15 is 0 Å². The van der Waals surface area contributed by atoms with Crippen LogP contribution in [0.4, 0.5) is 15.8 Å². The first kappa shape index (κ1) is 18.9. The van der Waals surface area contributed by atoms with E-state index in [-0.39, 0.29) is 11.3 Å². The maximum Gasteiger partial charge on any atom is 0.282 e. The molecule has 0 saturated heterocycles. The maximum atomic E-state index is 13.3. The average Bonchev–Trinajstić information content (AvgIpc) is 2.95. The third-order valence-corrected chi connectivity index (χ3v) is 4.95. The minimum absolute atomic E-state index is 0.116. The zero-order valence-electron chi connectivity index (χ0n) is 15.4. The van der Waals surface area contributed by atoms with Gasteiger partial charge in [-0.1, -0.05) is 53.6 Å². The number of anilines is 2. The Morgan fingerprint density at radius 2 is 1.52 bits per heavy atom. The highest BCUT2D eigenvalue weighted by molar-refractivity contribution is 6.48. The number of amides is 2. The summed E-state index contributed by atoms with van der Waals surface area (Å²) in [6.45, 7) is 1.94. The van der Waals surface area contributed by atoms with Crippen molar-refractivity contribution in [3.05, 3.63) is 100 Å². The predicted octanol–water partition coefficient (Wildman–Crippen LogP) is 5.18. The lowest BCUT2D eigenvalue weighted by atomic mass is 10.0. The lowest BCUT2D eigenvalue weighted by Crippen LogP contribution is -2.32. The van der Waals surface area contributed by atoms with Crippen molar-refractivity contribution in [3.8, 4) is 0 Å². The van der Waals surface area contributed by atoms with Crippen LogP contribution in [0.25, 0.3) is 5.57 Å². The lowest BCUT2D eigenvalue weighted by Gasteiger charge is -2.16. The smallest absolute Gasteiger partial charge is 0.282 e. The molecule has 0 spiro atoms. The molecule has 1 N–H and O–H groups in total. The zero-order chi connectivity index (χ0) is 20.5. The van der Waals surface area contributed by atoms with Crippen molar-refractivity contribution < 1.29 is 14.0 Å². The van der Waals surface area contributed by atoms with Crippen LogP contribution in [-0.2, 0) is 9.59 Å². The van der Waals surface area contributed by atoms with Crippen molar-refractivity contribution in [1.29, 1.82) is 0 Å². The molecule has 0 bridgehead atoms. The second-order valence-electron chi connectivity index (χ2n) is 6.65. The second-order valence-corrected chi connectivity index (χ2v) is 7.05. The molecule has 1 aliphatic rings. The molecule has 1 heterocycles. The Labute approximate surface area is 172 Å². The van der Waals surface area contributed by atoms with Gasteiger partial charge in [0.2, 0.25) is 0 Å². The van der Waals surface area contributed by atoms with E-state index in [2.05, 4.69) is 5.32 Å². The van der Waals surface area contributed by atoms with Crippen LogP contribution in [0.5, 0.6) is 0 Å². The number of benzene rings is 3. The SMILES string of the molecule is Cc1ccc(C2=C(Nc3ccc(F)cc3)C(=O)N(c3ccccc3Cl)C2=O)cc1. The predicted molar refractivity (Wildman–Crippen MR) is 112 cm³/mol. The summed E-state index contributed by atoms with van der Waals surface area (Å²) in [6, 6.07) is 19.6. The molecule has 0 atom stereocenters. The lowest BCUT2D eigenvalue weighted by molar-refractivity contribution is -0.120. The zero-order valence-corrected chi connectivity index (χ0v) is 16.2. The molecule has 0 aromatic heterocycles. The number of rotatable bonds is 4. The van der Waals surface area contributed by atoms with Gasteiger partial charge in [-0.05, 0) is 48.9 Å². The number of hydrogen-bond donors (Lipinski definition) is 1. The van der Waals surface area contributed by atoms with Gasteiger partial charge in [0.1, 0.15) is 11.5 Å². The van der Waals surface area contributed by atoms with Crippen LogP contribution < -0.4 is 10.2 Å². The van der Waals surface area contributed by atoms with Gasteiger partial charge >= 0.3 is 0 Å². The fraction of sp³-hybridized carbons (Fsp3) is 0.0435. The summed E-state index contributed by atoms with van der Waals surface area (Å²) in [4.78, 5) is 27.6. The third-order valence-electron chi connectivity index (χ3n) is 4.63. The summed E-state index contributed by atoms with van der Waals surface area (Å²) in [5.74, 6) is -1.39. The Hall–Kier alpha value is -3.44. The van der Waals surface area contributed by atoms with E-state index in [0.29, 0.717) is 22.0 Å². The molecule has 0 saturated carbocycles. The van der Waals surface area contributed by atoms with Gasteiger partial charge in [0.15, 0.2) is 0 Å². The fourth-order valence-electron chi connectivity index (χ4n) is 3.16. The van der Waals surface area contributed by atoms with Crippen LogP contribution in [0.15, 0.2) is 78.5 Å². The number of nitrogens with zero attached hydrogens (tertiary/aromatic N) is 1. The summed E-state index contributed by atoms with van der Waals surface area (Å²) >= 11 is 6.25. The Balaban J connectivity index is 1.83. The first-order valence-electron chi connectivity index (χ1n) is 8.93. The van der Waals surface area contributed by atoms with Crippen LogP contribution in [0, 0.1) is 12.7 Å². The molecular weight excluding hydrogens is 391 g/mol. The van der Waals surface area contributed by atoms with Gasteiger partial charge < -0.3 is 5.32 Å². The molecule has 3 aromatic rings. The largest absolute Gasteiger partial charge is 0.350 e. The van der Waals surface area contributed by atoms with Crippen LogP contribution in [0.2, 0.25) is 5.02 Å². The van der Waals surface area contributed by atoms with Gasteiger partial charge in [-0.3, -0.25) is 9.59 Å². The summed E-state index contributed by atoms with van der Waals surface area (Å²) in [5, 5.41) is 3.28. The maximum absolute atomic E-state index is 13.3. The summed E-state index contributed by atoms with van der Waals surface area (Å²) in [6.07, 6.45) is 0. The number of aryl methyl sites for hydroxylation is 1. The molecule has 1 aliphatic heterocycles. The number of imide groups is 1. The number of hydrogen-bond acceptors (Lipinski definition) is 3. The Morgan fingerprint density at radius 1 is 0.862 bits per heavy atom. The molecule has 0 fully saturated rings. The van der Waals surface area contributed by atoms with E-state index in [9.17, 15) is 14.0 Å². The molecule has 4 nitrogen and oxygen atoms in total. The highest BCUT2D eigenvalue weighted by atomic mass is 35.5. The van der Waals surface area contributed by atoms with Crippen LogP contribution in [-0.4, -0.2) is 11.8 Å². The molecule has 144 valence electrons. The highest BCUT2D eigenvalue weighted by Gasteiger charge is 2.41. The summed E-state index contributed by atoms with van der Waals surface area (Å²) < 4.78 is 13.3. The molecular formula is C23H16ClFN2O2. The fourth-order valence-corrected chi connectivity index (χ4v) is 3.38. The number of para-hydroxylation sites is 1. The van der Waals surface area contributed by atoms with Crippen molar-refractivity contribution in [2.24, 2.45) is 0 Å². The minimum atomic E-state index is -0.525. The first-order valence-corrected chi connectivity index (χ1v) is 9.31. The van der Waals surface area contributed by atoms with E-state index in [1.807, 2.05) is 19.1 Å². The van der Waals surface area contributed by atoms with E-state index in [1.54, 1.807) is 36.4 Å². The first-order chi connectivity index (χ1) is 14.0. The van der Waals surface area contributed by atoms with E-state index in [0.717, 1.165) is 10.5 Å². The van der Waals surface area contributed by atoms with E-state index < -0.39 is 17.6 Å². The molecule has 4 rings (SSSR count). The van der Waals surface area contributed by atoms with Crippen molar-refractivity contribution in [2.75, 3.05) is 10.2 Å². The van der Waals surface area contributed by atoms with Crippen molar-refractivity contribution in [3.63, 3.8) is 0 Å². The Kier molecular flexibility index (Phi) is 4.91. The number of halogens is 2. The van der Waals surface area contributed by atoms with Crippen LogP contribution in [0.1, 0.15) is 11.1 Å². The van der Waals surface area contributed by atoms with Crippen molar-refractivity contribution >= 4 is 40.4 Å². The van der Waals surface area contributed by atoms with Crippen LogP contribution in [0.3, 0.4) is 0 Å². The van der Waals surface area contributed by atoms with Gasteiger partial charge in [-0.15, -0.1) is 0 Å². The second kappa shape index (κ2) is 7.53. The molecule has 2 amide bonds. The van der Waals surface area contributed by atoms with E-state index in [4.69, 9.17) is 11.6 Å². The Morgan fingerprint density at radius 3 is 2.17 bits per heavy atom. The molecule has 0 unspecified atom stereocenters. The molecule has 3 aromatic carbocycles.